The highest BCUT2D eigenvalue weighted by Gasteiger charge is 2.09. The van der Waals surface area contributed by atoms with E-state index in [9.17, 15) is 0 Å². The van der Waals surface area contributed by atoms with Crippen LogP contribution in [-0.2, 0) is 19.5 Å². The van der Waals surface area contributed by atoms with Gasteiger partial charge in [-0.15, -0.1) is 0 Å². The van der Waals surface area contributed by atoms with Gasteiger partial charge in [-0.1, -0.05) is 37.3 Å². The molecule has 130 valence electrons. The highest BCUT2D eigenvalue weighted by molar-refractivity contribution is 5.52. The molecule has 3 aromatic heterocycles. The molecule has 6 heteroatoms. The highest BCUT2D eigenvalue weighted by atomic mass is 15.3. The zero-order valence-electron chi connectivity index (χ0n) is 14.7. The number of nitrogens with zero attached hydrogens (tertiary/aromatic N) is 6. The number of imidazole rings is 1. The summed E-state index contributed by atoms with van der Waals surface area (Å²) in [7, 11) is 0. The van der Waals surface area contributed by atoms with E-state index in [2.05, 4.69) is 42.9 Å². The number of hydrogen-bond donors (Lipinski definition) is 0. The van der Waals surface area contributed by atoms with Gasteiger partial charge in [-0.3, -0.25) is 4.68 Å². The molecule has 1 aromatic carbocycles. The van der Waals surface area contributed by atoms with E-state index in [0.717, 1.165) is 35.7 Å². The minimum atomic E-state index is 0.708. The summed E-state index contributed by atoms with van der Waals surface area (Å²) >= 11 is 0. The van der Waals surface area contributed by atoms with Gasteiger partial charge in [0.1, 0.15) is 11.6 Å². The molecule has 0 aliphatic rings. The minimum absolute atomic E-state index is 0.708. The average molecular weight is 344 g/mol. The molecule has 0 N–H and O–H groups in total. The summed E-state index contributed by atoms with van der Waals surface area (Å²) < 4.78 is 4.05. The van der Waals surface area contributed by atoms with Crippen LogP contribution in [0.2, 0.25) is 0 Å². The highest BCUT2D eigenvalue weighted by Crippen LogP contribution is 2.17. The van der Waals surface area contributed by atoms with Crippen LogP contribution in [0.1, 0.15) is 23.9 Å². The Morgan fingerprint density at radius 3 is 2.46 bits per heavy atom. The van der Waals surface area contributed by atoms with E-state index in [1.807, 2.05) is 54.6 Å². The SMILES string of the molecule is CCc1ncc(-c2nccn2Cc2cnn(Cc3ccccc3)c2)cn1. The predicted octanol–water partition coefficient (Wildman–Crippen LogP) is 3.20. The lowest BCUT2D eigenvalue weighted by molar-refractivity contribution is 0.685. The average Bonchev–Trinajstić information content (AvgIpc) is 3.32. The molecule has 4 rings (SSSR count). The zero-order chi connectivity index (χ0) is 17.8. The molecule has 26 heavy (non-hydrogen) atoms. The first-order valence-corrected chi connectivity index (χ1v) is 8.69. The third-order valence-corrected chi connectivity index (χ3v) is 4.22. The van der Waals surface area contributed by atoms with Gasteiger partial charge < -0.3 is 4.57 Å². The zero-order valence-corrected chi connectivity index (χ0v) is 14.7. The Morgan fingerprint density at radius 2 is 1.69 bits per heavy atom. The van der Waals surface area contributed by atoms with E-state index in [0.29, 0.717) is 6.54 Å². The van der Waals surface area contributed by atoms with Gasteiger partial charge in [-0.25, -0.2) is 15.0 Å². The molecular weight excluding hydrogens is 324 g/mol. The van der Waals surface area contributed by atoms with Crippen LogP contribution in [0.3, 0.4) is 0 Å². The topological polar surface area (TPSA) is 61.4 Å². The Hall–Kier alpha value is -3.28. The molecule has 3 heterocycles. The van der Waals surface area contributed by atoms with Crippen LogP contribution in [0.4, 0.5) is 0 Å². The van der Waals surface area contributed by atoms with Crippen LogP contribution in [0, 0.1) is 0 Å². The molecule has 0 aliphatic heterocycles. The van der Waals surface area contributed by atoms with Crippen molar-refractivity contribution in [3.05, 3.63) is 84.5 Å². The van der Waals surface area contributed by atoms with Crippen molar-refractivity contribution < 1.29 is 0 Å². The fourth-order valence-corrected chi connectivity index (χ4v) is 2.89. The summed E-state index contributed by atoms with van der Waals surface area (Å²) in [5, 5.41) is 4.48. The molecular formula is C20H20N6. The maximum absolute atomic E-state index is 4.48. The molecule has 0 atom stereocenters. The Labute approximate surface area is 152 Å². The van der Waals surface area contributed by atoms with Gasteiger partial charge in [0.2, 0.25) is 0 Å². The Bertz CT molecular complexity index is 969. The van der Waals surface area contributed by atoms with Gasteiger partial charge in [0.05, 0.1) is 24.8 Å². The van der Waals surface area contributed by atoms with E-state index in [-0.39, 0.29) is 0 Å². The first kappa shape index (κ1) is 16.2. The first-order chi connectivity index (χ1) is 12.8. The van der Waals surface area contributed by atoms with Crippen molar-refractivity contribution in [3.63, 3.8) is 0 Å². The second-order valence-corrected chi connectivity index (χ2v) is 6.15. The smallest absolute Gasteiger partial charge is 0.143 e. The Kier molecular flexibility index (Phi) is 4.55. The third-order valence-electron chi connectivity index (χ3n) is 4.22. The summed E-state index contributed by atoms with van der Waals surface area (Å²) in [6.07, 6.45) is 12.3. The summed E-state index contributed by atoms with van der Waals surface area (Å²) in [6.45, 7) is 3.52. The number of hydrogen-bond acceptors (Lipinski definition) is 4. The summed E-state index contributed by atoms with van der Waals surface area (Å²) in [4.78, 5) is 13.2. The third kappa shape index (κ3) is 3.54. The molecule has 0 spiro atoms. The van der Waals surface area contributed by atoms with Crippen molar-refractivity contribution in [2.75, 3.05) is 0 Å². The van der Waals surface area contributed by atoms with E-state index >= 15 is 0 Å². The Balaban J connectivity index is 1.51. The second kappa shape index (κ2) is 7.31. The van der Waals surface area contributed by atoms with Crippen molar-refractivity contribution in [1.82, 2.24) is 29.3 Å². The van der Waals surface area contributed by atoms with Crippen molar-refractivity contribution in [3.8, 4) is 11.4 Å². The van der Waals surface area contributed by atoms with Crippen LogP contribution in [-0.4, -0.2) is 29.3 Å². The molecule has 0 radical (unpaired) electrons. The van der Waals surface area contributed by atoms with E-state index in [1.165, 1.54) is 5.56 Å². The normalized spacial score (nSPS) is 11.0. The molecule has 0 fully saturated rings. The molecule has 0 amide bonds. The van der Waals surface area contributed by atoms with Gasteiger partial charge in [0.15, 0.2) is 0 Å². The lowest BCUT2D eigenvalue weighted by Gasteiger charge is -2.06. The standard InChI is InChI=1S/C20H20N6/c1-2-19-22-11-18(12-23-19)20-21-8-9-25(20)13-17-10-24-26(15-17)14-16-6-4-3-5-7-16/h3-12,15H,2,13-14H2,1H3. The van der Waals surface area contributed by atoms with Gasteiger partial charge in [-0.2, -0.15) is 5.10 Å². The fraction of sp³-hybridized carbons (Fsp3) is 0.200. The lowest BCUT2D eigenvalue weighted by Crippen LogP contribution is -2.02. The number of aromatic nitrogens is 6. The van der Waals surface area contributed by atoms with Crippen molar-refractivity contribution >= 4 is 0 Å². The van der Waals surface area contributed by atoms with Crippen molar-refractivity contribution in [1.29, 1.82) is 0 Å². The number of aryl methyl sites for hydroxylation is 1. The molecule has 0 saturated heterocycles. The van der Waals surface area contributed by atoms with Gasteiger partial charge in [-0.05, 0) is 5.56 Å². The Morgan fingerprint density at radius 1 is 0.885 bits per heavy atom. The van der Waals surface area contributed by atoms with E-state index < -0.39 is 0 Å². The number of benzene rings is 1. The fourth-order valence-electron chi connectivity index (χ4n) is 2.89. The maximum Gasteiger partial charge on any atom is 0.143 e. The molecule has 0 bridgehead atoms. The van der Waals surface area contributed by atoms with Crippen molar-refractivity contribution in [2.24, 2.45) is 0 Å². The van der Waals surface area contributed by atoms with E-state index in [4.69, 9.17) is 0 Å². The maximum atomic E-state index is 4.48. The second-order valence-electron chi connectivity index (χ2n) is 6.15. The summed E-state index contributed by atoms with van der Waals surface area (Å²) in [5.41, 5.74) is 3.29. The van der Waals surface area contributed by atoms with Crippen molar-refractivity contribution in [2.45, 2.75) is 26.4 Å². The van der Waals surface area contributed by atoms with Gasteiger partial charge in [0.25, 0.3) is 0 Å². The van der Waals surface area contributed by atoms with Crippen LogP contribution >= 0.6 is 0 Å². The van der Waals surface area contributed by atoms with Crippen LogP contribution in [0.15, 0.2) is 67.5 Å². The molecule has 0 saturated carbocycles. The minimum Gasteiger partial charge on any atom is -0.326 e. The molecule has 0 aliphatic carbocycles. The molecule has 4 aromatic rings. The summed E-state index contributed by atoms with van der Waals surface area (Å²) in [5.74, 6) is 1.71. The van der Waals surface area contributed by atoms with Crippen LogP contribution in [0.5, 0.6) is 0 Å². The summed E-state index contributed by atoms with van der Waals surface area (Å²) in [6, 6.07) is 10.3. The number of rotatable bonds is 6. The molecule has 6 nitrogen and oxygen atoms in total. The van der Waals surface area contributed by atoms with Crippen LogP contribution < -0.4 is 0 Å². The monoisotopic (exact) mass is 344 g/mol. The van der Waals surface area contributed by atoms with Crippen LogP contribution in [0.25, 0.3) is 11.4 Å². The first-order valence-electron chi connectivity index (χ1n) is 8.69. The quantitative estimate of drug-likeness (QED) is 0.539. The van der Waals surface area contributed by atoms with E-state index in [1.54, 1.807) is 6.20 Å². The van der Waals surface area contributed by atoms with Gasteiger partial charge >= 0.3 is 0 Å². The van der Waals surface area contributed by atoms with Gasteiger partial charge in [0, 0.05) is 43.0 Å². The largest absolute Gasteiger partial charge is 0.326 e. The predicted molar refractivity (Wildman–Crippen MR) is 99.5 cm³/mol. The lowest BCUT2D eigenvalue weighted by atomic mass is 10.2. The molecule has 0 unspecified atom stereocenters.